The van der Waals surface area contributed by atoms with Gasteiger partial charge in [0.2, 0.25) is 0 Å². The molecule has 0 aliphatic carbocycles. The highest BCUT2D eigenvalue weighted by Crippen LogP contribution is 2.45. The molecule has 0 aliphatic heterocycles. The molecule has 118 valence electrons. The topological polar surface area (TPSA) is 112 Å². The molecule has 0 unspecified atom stereocenters. The van der Waals surface area contributed by atoms with Crippen molar-refractivity contribution in [2.75, 3.05) is 0 Å². The third-order valence-electron chi connectivity index (χ3n) is 3.16. The van der Waals surface area contributed by atoms with Gasteiger partial charge in [-0.05, 0) is 16.7 Å². The Morgan fingerprint density at radius 3 is 2.09 bits per heavy atom. The van der Waals surface area contributed by atoms with Crippen LogP contribution in [0.15, 0.2) is 54.6 Å². The van der Waals surface area contributed by atoms with Crippen LogP contribution >= 0.6 is 7.60 Å². The maximum atomic E-state index is 11.3. The zero-order chi connectivity index (χ0) is 16.4. The van der Waals surface area contributed by atoms with Crippen molar-refractivity contribution in [3.63, 3.8) is 0 Å². The maximum Gasteiger partial charge on any atom is 0.346 e. The Balaban J connectivity index is 2.36. The molecule has 3 N–H and O–H groups in total. The van der Waals surface area contributed by atoms with Crippen LogP contribution in [0, 0.1) is 0 Å². The van der Waals surface area contributed by atoms with Crippen molar-refractivity contribution in [3.05, 3.63) is 60.2 Å². The summed E-state index contributed by atoms with van der Waals surface area (Å²) in [5.41, 5.74) is 2.09. The Hall–Kier alpha value is -1.50. The molecule has 6 nitrogen and oxygen atoms in total. The van der Waals surface area contributed by atoms with Gasteiger partial charge in [-0.1, -0.05) is 54.6 Å². The van der Waals surface area contributed by atoms with Crippen molar-refractivity contribution < 1.29 is 27.3 Å². The van der Waals surface area contributed by atoms with Crippen LogP contribution in [-0.4, -0.2) is 27.7 Å². The molecular weight excluding hydrogens is 327 g/mol. The van der Waals surface area contributed by atoms with Gasteiger partial charge in [-0.15, -0.1) is 0 Å². The van der Waals surface area contributed by atoms with E-state index in [0.717, 1.165) is 11.1 Å². The van der Waals surface area contributed by atoms with Gasteiger partial charge in [0, 0.05) is 6.42 Å². The zero-order valence-electron chi connectivity index (χ0n) is 11.4. The normalized spacial score (nSPS) is 13.8. The molecule has 0 aliphatic rings. The third kappa shape index (κ3) is 4.25. The quantitative estimate of drug-likeness (QED) is 0.568. The molecule has 2 rings (SSSR count). The van der Waals surface area contributed by atoms with Crippen LogP contribution in [0.2, 0.25) is 0 Å². The smallest absolute Gasteiger partial charge is 0.323 e. The summed E-state index contributed by atoms with van der Waals surface area (Å²) in [6.45, 7) is 0. The lowest BCUT2D eigenvalue weighted by molar-refractivity contribution is 0.363. The van der Waals surface area contributed by atoms with Crippen molar-refractivity contribution in [1.29, 1.82) is 0 Å². The number of rotatable bonds is 5. The van der Waals surface area contributed by atoms with E-state index < -0.39 is 29.1 Å². The standard InChI is InChI=1S/C14H15O6PS/c15-21(16,17)14(22(18,19)20)10-11-5-4-8-13(9-11)12-6-2-1-3-7-12/h1-9,14H,10H2,(H2,15,16,17)(H,18,19,20)/t14-/m0/s1. The average Bonchev–Trinajstić information content (AvgIpc) is 2.44. The van der Waals surface area contributed by atoms with E-state index in [2.05, 4.69) is 0 Å². The maximum absolute atomic E-state index is 11.3. The van der Waals surface area contributed by atoms with Crippen LogP contribution < -0.4 is 0 Å². The molecule has 1 atom stereocenters. The number of benzene rings is 2. The second-order valence-electron chi connectivity index (χ2n) is 4.83. The molecule has 0 saturated heterocycles. The summed E-state index contributed by atoms with van der Waals surface area (Å²) in [7, 11) is -9.85. The second kappa shape index (κ2) is 6.32. The fourth-order valence-electron chi connectivity index (χ4n) is 2.11. The largest absolute Gasteiger partial charge is 0.346 e. The molecule has 0 radical (unpaired) electrons. The lowest BCUT2D eigenvalue weighted by atomic mass is 10.0. The highest BCUT2D eigenvalue weighted by Gasteiger charge is 2.39. The van der Waals surface area contributed by atoms with Crippen molar-refractivity contribution in [3.8, 4) is 11.1 Å². The second-order valence-corrected chi connectivity index (χ2v) is 8.58. The SMILES string of the molecule is O=P(O)(O)[C@H](Cc1cccc(-c2ccccc2)c1)S(=O)(=O)O. The summed E-state index contributed by atoms with van der Waals surface area (Å²) in [6.07, 6.45) is -0.468. The Labute approximate surface area is 128 Å². The molecular formula is C14H15O6PS. The highest BCUT2D eigenvalue weighted by molar-refractivity contribution is 7.93. The summed E-state index contributed by atoms with van der Waals surface area (Å²) in [5, 5.41) is 0. The molecule has 0 heterocycles. The minimum absolute atomic E-state index is 0.410. The first-order chi connectivity index (χ1) is 10.2. The van der Waals surface area contributed by atoms with Crippen molar-refractivity contribution in [1.82, 2.24) is 0 Å². The summed E-state index contributed by atoms with van der Waals surface area (Å²) >= 11 is 0. The van der Waals surface area contributed by atoms with Gasteiger partial charge in [-0.3, -0.25) is 9.12 Å². The molecule has 2 aromatic rings. The summed E-state index contributed by atoms with van der Waals surface area (Å²) in [6, 6.07) is 15.9. The van der Waals surface area contributed by atoms with Gasteiger partial charge in [-0.25, -0.2) is 0 Å². The first-order valence-electron chi connectivity index (χ1n) is 6.34. The average molecular weight is 342 g/mol. The van der Waals surface area contributed by atoms with Crippen molar-refractivity contribution in [2.24, 2.45) is 0 Å². The minimum atomic E-state index is -4.99. The first-order valence-corrected chi connectivity index (χ1v) is 9.52. The Morgan fingerprint density at radius 2 is 1.55 bits per heavy atom. The van der Waals surface area contributed by atoms with Crippen molar-refractivity contribution in [2.45, 2.75) is 11.4 Å². The van der Waals surface area contributed by atoms with E-state index in [9.17, 15) is 13.0 Å². The van der Waals surface area contributed by atoms with Gasteiger partial charge in [-0.2, -0.15) is 8.42 Å². The van der Waals surface area contributed by atoms with Crippen LogP contribution in [-0.2, 0) is 21.1 Å². The molecule has 0 bridgehead atoms. The molecule has 0 aromatic heterocycles. The van der Waals surface area contributed by atoms with E-state index in [1.54, 1.807) is 24.3 Å². The predicted octanol–water partition coefficient (Wildman–Crippen LogP) is 2.29. The van der Waals surface area contributed by atoms with E-state index in [0.29, 0.717) is 5.56 Å². The molecule has 2 aromatic carbocycles. The number of hydrogen-bond donors (Lipinski definition) is 3. The van der Waals surface area contributed by atoms with Gasteiger partial charge in [0.05, 0.1) is 0 Å². The lowest BCUT2D eigenvalue weighted by Crippen LogP contribution is -2.23. The molecule has 0 amide bonds. The lowest BCUT2D eigenvalue weighted by Gasteiger charge is -2.16. The Kier molecular flexibility index (Phi) is 4.84. The van der Waals surface area contributed by atoms with Crippen molar-refractivity contribution >= 4 is 17.7 Å². The van der Waals surface area contributed by atoms with Crippen LogP contribution in [0.4, 0.5) is 0 Å². The van der Waals surface area contributed by atoms with Crippen LogP contribution in [0.3, 0.4) is 0 Å². The number of hydrogen-bond acceptors (Lipinski definition) is 3. The Morgan fingerprint density at radius 1 is 0.955 bits per heavy atom. The van der Waals surface area contributed by atoms with E-state index in [-0.39, 0.29) is 0 Å². The van der Waals surface area contributed by atoms with E-state index in [4.69, 9.17) is 14.3 Å². The fraction of sp³-hybridized carbons (Fsp3) is 0.143. The minimum Gasteiger partial charge on any atom is -0.323 e. The molecule has 22 heavy (non-hydrogen) atoms. The molecule has 0 spiro atoms. The molecule has 0 saturated carbocycles. The van der Waals surface area contributed by atoms with E-state index in [1.807, 2.05) is 30.3 Å². The highest BCUT2D eigenvalue weighted by atomic mass is 32.2. The van der Waals surface area contributed by atoms with E-state index >= 15 is 0 Å². The fourth-order valence-corrected chi connectivity index (χ4v) is 4.35. The van der Waals surface area contributed by atoms with Crippen LogP contribution in [0.1, 0.15) is 5.56 Å². The molecule has 0 fully saturated rings. The van der Waals surface area contributed by atoms with Gasteiger partial charge in [0.1, 0.15) is 0 Å². The summed E-state index contributed by atoms with van der Waals surface area (Å²) in [4.78, 5) is 16.1. The van der Waals surface area contributed by atoms with Crippen LogP contribution in [0.25, 0.3) is 11.1 Å². The molecule has 8 heteroatoms. The van der Waals surface area contributed by atoms with Gasteiger partial charge in [0.25, 0.3) is 10.1 Å². The van der Waals surface area contributed by atoms with Gasteiger partial charge in [0.15, 0.2) is 4.99 Å². The first kappa shape index (κ1) is 16.9. The van der Waals surface area contributed by atoms with Crippen LogP contribution in [0.5, 0.6) is 0 Å². The predicted molar refractivity (Wildman–Crippen MR) is 83.0 cm³/mol. The summed E-state index contributed by atoms with van der Waals surface area (Å²) in [5.74, 6) is 0. The third-order valence-corrected chi connectivity index (χ3v) is 6.57. The zero-order valence-corrected chi connectivity index (χ0v) is 13.1. The van der Waals surface area contributed by atoms with Gasteiger partial charge < -0.3 is 9.79 Å². The monoisotopic (exact) mass is 342 g/mol. The Bertz CT molecular complexity index is 797. The summed E-state index contributed by atoms with van der Waals surface area (Å²) < 4.78 is 42.7. The van der Waals surface area contributed by atoms with E-state index in [1.165, 1.54) is 0 Å². The van der Waals surface area contributed by atoms with Gasteiger partial charge >= 0.3 is 7.60 Å².